The number of ketones is 1. The van der Waals surface area contributed by atoms with Crippen LogP contribution in [0.15, 0.2) is 83.8 Å². The first-order valence-electron chi connectivity index (χ1n) is 9.58. The van der Waals surface area contributed by atoms with Gasteiger partial charge >= 0.3 is 0 Å². The van der Waals surface area contributed by atoms with Crippen molar-refractivity contribution in [1.82, 2.24) is 0 Å². The van der Waals surface area contributed by atoms with Gasteiger partial charge in [0, 0.05) is 18.3 Å². The van der Waals surface area contributed by atoms with Gasteiger partial charge in [0.15, 0.2) is 5.76 Å². The molecule has 0 bridgehead atoms. The van der Waals surface area contributed by atoms with Gasteiger partial charge < -0.3 is 15.0 Å². The molecule has 2 aromatic rings. The number of anilines is 1. The Morgan fingerprint density at radius 1 is 1.07 bits per heavy atom. The summed E-state index contributed by atoms with van der Waals surface area (Å²) < 4.78 is 5.51. The number of hydrogen-bond donors (Lipinski definition) is 1. The zero-order chi connectivity index (χ0) is 19.9. The minimum absolute atomic E-state index is 0.0244. The average Bonchev–Trinajstić information content (AvgIpc) is 2.73. The van der Waals surface area contributed by atoms with E-state index in [0.29, 0.717) is 23.5 Å². The lowest BCUT2D eigenvalue weighted by molar-refractivity contribution is -0.567. The molecule has 0 aliphatic heterocycles. The van der Waals surface area contributed by atoms with Crippen LogP contribution in [0.1, 0.15) is 18.9 Å². The van der Waals surface area contributed by atoms with E-state index in [1.54, 1.807) is 7.11 Å². The Balaban J connectivity index is 1.73. The SMILES string of the molecule is CC[NH2+]c1ccccc1/C=C\C/C=C1\C(=O)C(N(C)c2ccccc2)=C1OC. The number of rotatable bonds is 8. The molecule has 144 valence electrons. The lowest BCUT2D eigenvalue weighted by atomic mass is 9.91. The normalized spacial score (nSPS) is 15.2. The van der Waals surface area contributed by atoms with Crippen molar-refractivity contribution in [3.05, 3.63) is 89.3 Å². The van der Waals surface area contributed by atoms with Gasteiger partial charge in [-0.05, 0) is 37.6 Å². The molecule has 2 N–H and O–H groups in total. The fourth-order valence-corrected chi connectivity index (χ4v) is 3.33. The van der Waals surface area contributed by atoms with E-state index in [0.717, 1.165) is 12.2 Å². The molecule has 1 aliphatic rings. The van der Waals surface area contributed by atoms with Crippen molar-refractivity contribution in [3.63, 3.8) is 0 Å². The summed E-state index contributed by atoms with van der Waals surface area (Å²) in [5.74, 6) is 0.681. The highest BCUT2D eigenvalue weighted by molar-refractivity contribution is 6.21. The van der Waals surface area contributed by atoms with Crippen LogP contribution in [-0.4, -0.2) is 26.5 Å². The molecule has 0 spiro atoms. The molecule has 0 saturated heterocycles. The molecule has 0 fully saturated rings. The predicted molar refractivity (Wildman–Crippen MR) is 114 cm³/mol. The summed E-state index contributed by atoms with van der Waals surface area (Å²) in [4.78, 5) is 14.6. The van der Waals surface area contributed by atoms with Gasteiger partial charge in [0.05, 0.1) is 19.2 Å². The summed E-state index contributed by atoms with van der Waals surface area (Å²) in [7, 11) is 3.50. The fourth-order valence-electron chi connectivity index (χ4n) is 3.33. The number of ether oxygens (including phenoxy) is 1. The molecule has 1 aliphatic carbocycles. The van der Waals surface area contributed by atoms with E-state index in [4.69, 9.17) is 4.74 Å². The van der Waals surface area contributed by atoms with Crippen molar-refractivity contribution in [3.8, 4) is 0 Å². The molecule has 0 radical (unpaired) electrons. The molecule has 0 saturated carbocycles. The highest BCUT2D eigenvalue weighted by atomic mass is 16.5. The molecular formula is C24H27N2O2+. The minimum Gasteiger partial charge on any atom is -0.494 e. The number of nitrogens with zero attached hydrogens (tertiary/aromatic N) is 1. The van der Waals surface area contributed by atoms with Crippen LogP contribution >= 0.6 is 0 Å². The summed E-state index contributed by atoms with van der Waals surface area (Å²) in [6, 6.07) is 18.1. The highest BCUT2D eigenvalue weighted by Crippen LogP contribution is 2.35. The number of carbonyl (C=O) groups excluding carboxylic acids is 1. The van der Waals surface area contributed by atoms with Crippen molar-refractivity contribution in [2.75, 3.05) is 25.6 Å². The first kappa shape index (κ1) is 19.6. The van der Waals surface area contributed by atoms with E-state index in [2.05, 4.69) is 36.5 Å². The minimum atomic E-state index is 0.0244. The maximum Gasteiger partial charge on any atom is 0.216 e. The molecule has 4 heteroatoms. The predicted octanol–water partition coefficient (Wildman–Crippen LogP) is 3.81. The van der Waals surface area contributed by atoms with Crippen molar-refractivity contribution >= 4 is 23.2 Å². The van der Waals surface area contributed by atoms with Gasteiger partial charge in [-0.1, -0.05) is 48.6 Å². The zero-order valence-electron chi connectivity index (χ0n) is 16.7. The summed E-state index contributed by atoms with van der Waals surface area (Å²) >= 11 is 0. The van der Waals surface area contributed by atoms with Crippen LogP contribution in [-0.2, 0) is 9.53 Å². The van der Waals surface area contributed by atoms with Gasteiger partial charge in [-0.15, -0.1) is 0 Å². The van der Waals surface area contributed by atoms with E-state index < -0.39 is 0 Å². The van der Waals surface area contributed by atoms with E-state index in [-0.39, 0.29) is 5.78 Å². The maximum absolute atomic E-state index is 12.7. The molecule has 2 aromatic carbocycles. The molecular weight excluding hydrogens is 348 g/mol. The molecule has 0 aromatic heterocycles. The lowest BCUT2D eigenvalue weighted by Crippen LogP contribution is -2.77. The van der Waals surface area contributed by atoms with E-state index in [1.165, 1.54) is 11.3 Å². The number of methoxy groups -OCH3 is 1. The zero-order valence-corrected chi connectivity index (χ0v) is 16.7. The first-order valence-corrected chi connectivity index (χ1v) is 9.58. The highest BCUT2D eigenvalue weighted by Gasteiger charge is 2.37. The molecule has 0 atom stereocenters. The third-order valence-corrected chi connectivity index (χ3v) is 4.78. The molecule has 0 amide bonds. The van der Waals surface area contributed by atoms with Crippen molar-refractivity contribution in [1.29, 1.82) is 0 Å². The maximum atomic E-state index is 12.7. The van der Waals surface area contributed by atoms with E-state index in [1.807, 2.05) is 60.5 Å². The first-order chi connectivity index (χ1) is 13.7. The van der Waals surface area contributed by atoms with Gasteiger partial charge in [-0.2, -0.15) is 0 Å². The van der Waals surface area contributed by atoms with Gasteiger partial charge in [0.1, 0.15) is 11.4 Å². The second-order valence-electron chi connectivity index (χ2n) is 6.60. The number of para-hydroxylation sites is 2. The average molecular weight is 375 g/mol. The number of carbonyl (C=O) groups is 1. The van der Waals surface area contributed by atoms with Gasteiger partial charge in [-0.3, -0.25) is 4.79 Å². The number of allylic oxidation sites excluding steroid dienone is 4. The number of hydrogen-bond acceptors (Lipinski definition) is 3. The Morgan fingerprint density at radius 2 is 1.79 bits per heavy atom. The molecule has 4 nitrogen and oxygen atoms in total. The summed E-state index contributed by atoms with van der Waals surface area (Å²) in [6.07, 6.45) is 6.80. The van der Waals surface area contributed by atoms with Crippen LogP contribution < -0.4 is 10.2 Å². The topological polar surface area (TPSA) is 46.2 Å². The largest absolute Gasteiger partial charge is 0.494 e. The number of nitrogens with two attached hydrogens (primary N) is 1. The Morgan fingerprint density at radius 3 is 2.50 bits per heavy atom. The standard InChI is InChI=1S/C24H26N2O2/c1-4-25-21-17-11-9-13-18(21)12-8-10-16-20-23(27)22(24(20)28-3)26(2)19-14-6-5-7-15-19/h5-9,11-17,25H,4,10H2,1-3H3/p+1/b12-8-,20-16+. The van der Waals surface area contributed by atoms with Crippen LogP contribution in [0.2, 0.25) is 0 Å². The number of Topliss-reactive ketones (excluding diaryl/α,β-unsaturated/α-hetero) is 1. The summed E-state index contributed by atoms with van der Waals surface area (Å²) in [5, 5.41) is 2.21. The molecule has 28 heavy (non-hydrogen) atoms. The van der Waals surface area contributed by atoms with Crippen molar-refractivity contribution < 1.29 is 14.8 Å². The fraction of sp³-hybridized carbons (Fsp3) is 0.208. The van der Waals surface area contributed by atoms with Crippen LogP contribution in [0, 0.1) is 0 Å². The smallest absolute Gasteiger partial charge is 0.216 e. The van der Waals surface area contributed by atoms with Crippen LogP contribution in [0.4, 0.5) is 11.4 Å². The third kappa shape index (κ3) is 4.07. The third-order valence-electron chi connectivity index (χ3n) is 4.78. The van der Waals surface area contributed by atoms with Crippen LogP contribution in [0.25, 0.3) is 6.08 Å². The van der Waals surface area contributed by atoms with E-state index in [9.17, 15) is 4.79 Å². The Labute approximate surface area is 166 Å². The van der Waals surface area contributed by atoms with Gasteiger partial charge in [0.25, 0.3) is 0 Å². The van der Waals surface area contributed by atoms with Gasteiger partial charge in [-0.25, -0.2) is 0 Å². The second-order valence-corrected chi connectivity index (χ2v) is 6.60. The summed E-state index contributed by atoms with van der Waals surface area (Å²) in [6.45, 7) is 3.14. The van der Waals surface area contributed by atoms with Crippen LogP contribution in [0.3, 0.4) is 0 Å². The van der Waals surface area contributed by atoms with E-state index >= 15 is 0 Å². The molecule has 0 unspecified atom stereocenters. The summed E-state index contributed by atoms with van der Waals surface area (Å²) in [5.41, 5.74) is 4.64. The second kappa shape index (κ2) is 9.20. The number of quaternary nitrogens is 1. The monoisotopic (exact) mass is 375 g/mol. The Bertz CT molecular complexity index is 927. The molecule has 3 rings (SSSR count). The quantitative estimate of drug-likeness (QED) is 0.564. The Hall–Kier alpha value is -3.11. The lowest BCUT2D eigenvalue weighted by Gasteiger charge is -2.31. The van der Waals surface area contributed by atoms with Crippen molar-refractivity contribution in [2.45, 2.75) is 13.3 Å². The van der Waals surface area contributed by atoms with Crippen molar-refractivity contribution in [2.24, 2.45) is 0 Å². The number of benzene rings is 2. The Kier molecular flexibility index (Phi) is 6.45. The molecule has 0 heterocycles. The number of likely N-dealkylation sites (N-methyl/N-ethyl adjacent to an activating group) is 1. The van der Waals surface area contributed by atoms with Crippen LogP contribution in [0.5, 0.6) is 0 Å². The van der Waals surface area contributed by atoms with Gasteiger partial charge in [0.2, 0.25) is 5.78 Å².